The average molecular weight is 450 g/mol. The third kappa shape index (κ3) is 5.38. The van der Waals surface area contributed by atoms with Crippen molar-refractivity contribution in [2.24, 2.45) is 11.3 Å². The molecule has 2 aliphatic rings. The molecule has 2 heterocycles. The molecule has 0 bridgehead atoms. The lowest BCUT2D eigenvalue weighted by molar-refractivity contribution is -0.137. The van der Waals surface area contributed by atoms with Crippen LogP contribution in [0.4, 0.5) is 13.2 Å². The highest BCUT2D eigenvalue weighted by molar-refractivity contribution is 5.44. The summed E-state index contributed by atoms with van der Waals surface area (Å²) in [7, 11) is 0. The Morgan fingerprint density at radius 1 is 1.03 bits per heavy atom. The van der Waals surface area contributed by atoms with Crippen molar-refractivity contribution in [2.45, 2.75) is 38.8 Å². The second kappa shape index (κ2) is 9.32. The van der Waals surface area contributed by atoms with Crippen LogP contribution in [0.25, 0.3) is 0 Å². The molecular weight excluding hydrogens is 419 g/mol. The molecule has 0 aliphatic carbocycles. The molecule has 4 rings (SSSR count). The summed E-state index contributed by atoms with van der Waals surface area (Å²) in [6, 6.07) is 11.6. The maximum atomic E-state index is 13.0. The van der Waals surface area contributed by atoms with Gasteiger partial charge in [0.1, 0.15) is 0 Å². The predicted octanol–water partition coefficient (Wildman–Crippen LogP) is 4.93. The molecule has 0 aromatic heterocycles. The number of fused-ring (bicyclic) bond motifs is 1. The fourth-order valence-electron chi connectivity index (χ4n) is 4.87. The molecule has 1 fully saturated rings. The van der Waals surface area contributed by atoms with E-state index in [2.05, 4.69) is 17.9 Å². The fraction of sp³-hybridized carbons (Fsp3) is 0.520. The number of piperidine rings is 1. The van der Waals surface area contributed by atoms with Crippen molar-refractivity contribution in [2.75, 3.05) is 33.0 Å². The van der Waals surface area contributed by atoms with Gasteiger partial charge in [-0.15, -0.1) is 0 Å². The topological polar surface area (TPSA) is 41.9 Å². The van der Waals surface area contributed by atoms with Crippen LogP contribution in [-0.4, -0.2) is 43.0 Å². The summed E-state index contributed by atoms with van der Waals surface area (Å²) < 4.78 is 50.0. The molecule has 1 atom stereocenters. The number of aliphatic hydroxyl groups excluding tert-OH is 1. The molecule has 0 spiro atoms. The molecule has 1 N–H and O–H groups in total. The minimum absolute atomic E-state index is 0.0101. The van der Waals surface area contributed by atoms with E-state index in [1.165, 1.54) is 17.7 Å². The van der Waals surface area contributed by atoms with E-state index in [9.17, 15) is 18.3 Å². The normalized spacial score (nSPS) is 19.2. The first-order chi connectivity index (χ1) is 15.3. The zero-order valence-corrected chi connectivity index (χ0v) is 18.3. The SMILES string of the molecule is C[C@@H](Cc1ccc2c(c1)OCO2)CN1CCC(CO)(Cc2cccc(C(F)(F)F)c2)CC1. The van der Waals surface area contributed by atoms with Crippen molar-refractivity contribution >= 4 is 0 Å². The van der Waals surface area contributed by atoms with Gasteiger partial charge in [-0.3, -0.25) is 0 Å². The van der Waals surface area contributed by atoms with E-state index in [0.29, 0.717) is 17.9 Å². The first kappa shape index (κ1) is 22.9. The standard InChI is InChI=1S/C25H30F3NO3/c1-18(11-19-5-6-22-23(13-19)32-17-31-22)15-29-9-7-24(16-30,8-10-29)14-20-3-2-4-21(12-20)25(26,27)28/h2-6,12-13,18,30H,7-11,14-17H2,1H3/t18-/m0/s1. The Labute approximate surface area is 186 Å². The van der Waals surface area contributed by atoms with E-state index in [1.807, 2.05) is 12.1 Å². The van der Waals surface area contributed by atoms with Crippen molar-refractivity contribution in [3.05, 3.63) is 59.2 Å². The highest BCUT2D eigenvalue weighted by atomic mass is 19.4. The van der Waals surface area contributed by atoms with E-state index in [4.69, 9.17) is 9.47 Å². The van der Waals surface area contributed by atoms with Crippen LogP contribution in [0.15, 0.2) is 42.5 Å². The van der Waals surface area contributed by atoms with Gasteiger partial charge in [-0.2, -0.15) is 13.2 Å². The quantitative estimate of drug-likeness (QED) is 0.651. The second-order valence-electron chi connectivity index (χ2n) is 9.33. The Kier molecular flexibility index (Phi) is 6.67. The van der Waals surface area contributed by atoms with Crippen LogP contribution < -0.4 is 9.47 Å². The Morgan fingerprint density at radius 3 is 2.50 bits per heavy atom. The molecule has 1 saturated heterocycles. The van der Waals surface area contributed by atoms with E-state index in [1.54, 1.807) is 6.07 Å². The van der Waals surface area contributed by atoms with Gasteiger partial charge in [-0.1, -0.05) is 31.2 Å². The molecule has 174 valence electrons. The third-order valence-corrected chi connectivity index (χ3v) is 6.68. The number of benzene rings is 2. The number of nitrogens with zero attached hydrogens (tertiary/aromatic N) is 1. The Bertz CT molecular complexity index is 923. The molecule has 2 aliphatic heterocycles. The molecule has 0 unspecified atom stereocenters. The van der Waals surface area contributed by atoms with Gasteiger partial charge < -0.3 is 19.5 Å². The minimum atomic E-state index is -4.35. The summed E-state index contributed by atoms with van der Waals surface area (Å²) in [5.41, 5.74) is 0.866. The number of ether oxygens (including phenoxy) is 2. The molecular formula is C25H30F3NO3. The van der Waals surface area contributed by atoms with Gasteiger partial charge in [0.25, 0.3) is 0 Å². The van der Waals surface area contributed by atoms with E-state index in [0.717, 1.165) is 56.5 Å². The molecule has 0 radical (unpaired) electrons. The lowest BCUT2D eigenvalue weighted by Gasteiger charge is -2.41. The fourth-order valence-corrected chi connectivity index (χ4v) is 4.87. The highest BCUT2D eigenvalue weighted by Gasteiger charge is 2.36. The number of hydrogen-bond acceptors (Lipinski definition) is 4. The summed E-state index contributed by atoms with van der Waals surface area (Å²) in [5, 5.41) is 10.1. The average Bonchev–Trinajstić information content (AvgIpc) is 3.23. The number of aliphatic hydroxyl groups is 1. The molecule has 32 heavy (non-hydrogen) atoms. The third-order valence-electron chi connectivity index (χ3n) is 6.68. The monoisotopic (exact) mass is 449 g/mol. The highest BCUT2D eigenvalue weighted by Crippen LogP contribution is 2.37. The number of rotatable bonds is 7. The molecule has 7 heteroatoms. The molecule has 2 aromatic carbocycles. The number of hydrogen-bond donors (Lipinski definition) is 1. The van der Waals surface area contributed by atoms with E-state index < -0.39 is 11.7 Å². The van der Waals surface area contributed by atoms with Crippen LogP contribution in [0.1, 0.15) is 36.5 Å². The van der Waals surface area contributed by atoms with Gasteiger partial charge in [-0.25, -0.2) is 0 Å². The zero-order valence-electron chi connectivity index (χ0n) is 18.3. The lowest BCUT2D eigenvalue weighted by Crippen LogP contribution is -2.44. The van der Waals surface area contributed by atoms with Crippen molar-refractivity contribution in [3.8, 4) is 11.5 Å². The summed E-state index contributed by atoms with van der Waals surface area (Å²) in [6.45, 7) is 5.11. The molecule has 0 saturated carbocycles. The summed E-state index contributed by atoms with van der Waals surface area (Å²) in [6.07, 6.45) is -1.40. The van der Waals surface area contributed by atoms with Crippen LogP contribution in [0.2, 0.25) is 0 Å². The summed E-state index contributed by atoms with van der Waals surface area (Å²) >= 11 is 0. The Morgan fingerprint density at radius 2 is 1.78 bits per heavy atom. The molecule has 0 amide bonds. The van der Waals surface area contributed by atoms with E-state index >= 15 is 0 Å². The maximum absolute atomic E-state index is 13.0. The Balaban J connectivity index is 1.31. The Hall–Kier alpha value is -2.25. The maximum Gasteiger partial charge on any atom is 0.416 e. The smallest absolute Gasteiger partial charge is 0.416 e. The predicted molar refractivity (Wildman–Crippen MR) is 116 cm³/mol. The zero-order chi connectivity index (χ0) is 22.8. The first-order valence-corrected chi connectivity index (χ1v) is 11.1. The van der Waals surface area contributed by atoms with Gasteiger partial charge in [0.15, 0.2) is 11.5 Å². The van der Waals surface area contributed by atoms with Gasteiger partial charge in [0, 0.05) is 13.2 Å². The number of alkyl halides is 3. The van der Waals surface area contributed by atoms with Crippen LogP contribution in [0.5, 0.6) is 11.5 Å². The number of halogens is 3. The van der Waals surface area contributed by atoms with Gasteiger partial charge in [0.05, 0.1) is 5.56 Å². The van der Waals surface area contributed by atoms with Gasteiger partial charge >= 0.3 is 6.18 Å². The van der Waals surface area contributed by atoms with Crippen LogP contribution in [0.3, 0.4) is 0 Å². The molecule has 2 aromatic rings. The second-order valence-corrected chi connectivity index (χ2v) is 9.33. The van der Waals surface area contributed by atoms with Crippen molar-refractivity contribution < 1.29 is 27.8 Å². The van der Waals surface area contributed by atoms with E-state index in [-0.39, 0.29) is 18.8 Å². The van der Waals surface area contributed by atoms with Crippen molar-refractivity contribution in [1.82, 2.24) is 4.90 Å². The summed E-state index contributed by atoms with van der Waals surface area (Å²) in [4.78, 5) is 2.40. The summed E-state index contributed by atoms with van der Waals surface area (Å²) in [5.74, 6) is 2.04. The van der Waals surface area contributed by atoms with Crippen LogP contribution >= 0.6 is 0 Å². The first-order valence-electron chi connectivity index (χ1n) is 11.1. The minimum Gasteiger partial charge on any atom is -0.454 e. The molecule has 4 nitrogen and oxygen atoms in total. The van der Waals surface area contributed by atoms with Crippen molar-refractivity contribution in [1.29, 1.82) is 0 Å². The van der Waals surface area contributed by atoms with Crippen LogP contribution in [-0.2, 0) is 19.0 Å². The van der Waals surface area contributed by atoms with Crippen molar-refractivity contribution in [3.63, 3.8) is 0 Å². The number of likely N-dealkylation sites (tertiary alicyclic amines) is 1. The lowest BCUT2D eigenvalue weighted by atomic mass is 9.74. The van der Waals surface area contributed by atoms with Gasteiger partial charge in [-0.05, 0) is 79.4 Å². The largest absolute Gasteiger partial charge is 0.454 e. The van der Waals surface area contributed by atoms with Gasteiger partial charge in [0.2, 0.25) is 6.79 Å². The van der Waals surface area contributed by atoms with Crippen LogP contribution in [0, 0.1) is 11.3 Å².